The summed E-state index contributed by atoms with van der Waals surface area (Å²) < 4.78 is 6.64. The van der Waals surface area contributed by atoms with Gasteiger partial charge in [-0.25, -0.2) is 4.98 Å². The molecule has 0 atom stereocenters. The number of nitrogens with zero attached hydrogens (tertiary/aromatic N) is 2. The Morgan fingerprint density at radius 2 is 2.46 bits per heavy atom. The average molecular weight is 184 g/mol. The van der Waals surface area contributed by atoms with Gasteiger partial charge in [-0.15, -0.1) is 0 Å². The van der Waals surface area contributed by atoms with E-state index in [1.165, 1.54) is 7.11 Å². The summed E-state index contributed by atoms with van der Waals surface area (Å²) in [5.41, 5.74) is 0.822. The molecule has 0 saturated carbocycles. The summed E-state index contributed by atoms with van der Waals surface area (Å²) in [5, 5.41) is 8.47. The van der Waals surface area contributed by atoms with Gasteiger partial charge >= 0.3 is 5.97 Å². The summed E-state index contributed by atoms with van der Waals surface area (Å²) in [6.45, 7) is 2.22. The molecule has 0 aliphatic heterocycles. The molecule has 0 radical (unpaired) electrons. The van der Waals surface area contributed by atoms with Crippen molar-refractivity contribution in [2.24, 2.45) is 0 Å². The van der Waals surface area contributed by atoms with Crippen molar-refractivity contribution in [2.45, 2.75) is 19.9 Å². The first-order valence-corrected chi connectivity index (χ1v) is 3.93. The summed E-state index contributed by atoms with van der Waals surface area (Å²) in [6.07, 6.45) is 1.84. The van der Waals surface area contributed by atoms with Crippen molar-refractivity contribution in [3.63, 3.8) is 0 Å². The number of hydrogen-bond donors (Lipinski definition) is 1. The van der Waals surface area contributed by atoms with E-state index < -0.39 is 5.97 Å². The Labute approximate surface area is 76.0 Å². The highest BCUT2D eigenvalue weighted by Crippen LogP contribution is 2.10. The zero-order valence-corrected chi connectivity index (χ0v) is 7.65. The predicted molar refractivity (Wildman–Crippen MR) is 45.8 cm³/mol. The van der Waals surface area contributed by atoms with Gasteiger partial charge in [0.2, 0.25) is 0 Å². The lowest BCUT2D eigenvalue weighted by Crippen LogP contribution is -2.05. The van der Waals surface area contributed by atoms with Crippen LogP contribution in [0.2, 0.25) is 0 Å². The van der Waals surface area contributed by atoms with Gasteiger partial charge in [0.1, 0.15) is 0 Å². The Hall–Kier alpha value is -1.52. The van der Waals surface area contributed by atoms with Crippen LogP contribution in [-0.2, 0) is 11.3 Å². The van der Waals surface area contributed by atoms with Crippen LogP contribution in [0, 0.1) is 6.92 Å². The molecule has 1 heterocycles. The summed E-state index contributed by atoms with van der Waals surface area (Å²) in [5.74, 6) is -0.826. The van der Waals surface area contributed by atoms with Crippen molar-refractivity contribution in [3.8, 4) is 6.01 Å². The molecule has 1 aromatic rings. The smallest absolute Gasteiger partial charge is 0.305 e. The van der Waals surface area contributed by atoms with Crippen LogP contribution < -0.4 is 4.74 Å². The van der Waals surface area contributed by atoms with Crippen molar-refractivity contribution in [2.75, 3.05) is 7.11 Å². The molecule has 5 nitrogen and oxygen atoms in total. The van der Waals surface area contributed by atoms with Gasteiger partial charge in [0.05, 0.1) is 19.2 Å². The third-order valence-electron chi connectivity index (χ3n) is 1.61. The molecule has 0 bridgehead atoms. The highest BCUT2D eigenvalue weighted by molar-refractivity contribution is 5.66. The van der Waals surface area contributed by atoms with Crippen LogP contribution in [0.4, 0.5) is 0 Å². The highest BCUT2D eigenvalue weighted by Gasteiger charge is 2.06. The van der Waals surface area contributed by atoms with Crippen LogP contribution in [0.25, 0.3) is 0 Å². The minimum absolute atomic E-state index is 0.0756. The normalized spacial score (nSPS) is 10.0. The van der Waals surface area contributed by atoms with Gasteiger partial charge in [-0.05, 0) is 6.92 Å². The molecule has 0 unspecified atom stereocenters. The third-order valence-corrected chi connectivity index (χ3v) is 1.61. The minimum atomic E-state index is -0.826. The maximum atomic E-state index is 10.3. The zero-order chi connectivity index (χ0) is 9.84. The lowest BCUT2D eigenvalue weighted by molar-refractivity contribution is -0.137. The Morgan fingerprint density at radius 1 is 1.77 bits per heavy atom. The van der Waals surface area contributed by atoms with Gasteiger partial charge < -0.3 is 14.4 Å². The number of methoxy groups -OCH3 is 1. The second-order valence-electron chi connectivity index (χ2n) is 2.71. The van der Waals surface area contributed by atoms with Gasteiger partial charge in [0.15, 0.2) is 0 Å². The van der Waals surface area contributed by atoms with Crippen LogP contribution in [0.5, 0.6) is 6.01 Å². The number of ether oxygens (including phenoxy) is 1. The van der Waals surface area contributed by atoms with Crippen molar-refractivity contribution >= 4 is 5.97 Å². The Bertz CT molecular complexity index is 306. The largest absolute Gasteiger partial charge is 0.481 e. The van der Waals surface area contributed by atoms with Gasteiger partial charge in [-0.3, -0.25) is 4.79 Å². The molecule has 1 N–H and O–H groups in total. The van der Waals surface area contributed by atoms with E-state index in [0.29, 0.717) is 12.6 Å². The third kappa shape index (κ3) is 2.47. The van der Waals surface area contributed by atoms with Crippen LogP contribution in [0.15, 0.2) is 6.20 Å². The lowest BCUT2D eigenvalue weighted by atomic mass is 10.4. The molecule has 13 heavy (non-hydrogen) atoms. The fourth-order valence-corrected chi connectivity index (χ4v) is 1.06. The summed E-state index contributed by atoms with van der Waals surface area (Å²) in [7, 11) is 1.51. The second kappa shape index (κ2) is 3.93. The lowest BCUT2D eigenvalue weighted by Gasteiger charge is -2.02. The summed E-state index contributed by atoms with van der Waals surface area (Å²) in [6, 6.07) is 0.457. The number of hydrogen-bond acceptors (Lipinski definition) is 3. The number of imidazole rings is 1. The quantitative estimate of drug-likeness (QED) is 0.747. The molecular formula is C8H12N2O3. The fourth-order valence-electron chi connectivity index (χ4n) is 1.06. The van der Waals surface area contributed by atoms with E-state index >= 15 is 0 Å². The second-order valence-corrected chi connectivity index (χ2v) is 2.71. The zero-order valence-electron chi connectivity index (χ0n) is 7.65. The molecule has 0 amide bonds. The molecule has 1 aromatic heterocycles. The van der Waals surface area contributed by atoms with E-state index in [1.807, 2.05) is 6.92 Å². The standard InChI is InChI=1S/C8H12N2O3/c1-6-5-10(4-3-7(11)12)8(9-6)13-2/h5H,3-4H2,1-2H3,(H,11,12). The molecule has 0 aliphatic rings. The van der Waals surface area contributed by atoms with E-state index in [0.717, 1.165) is 5.69 Å². The first kappa shape index (κ1) is 9.57. The molecular weight excluding hydrogens is 172 g/mol. The number of aromatic nitrogens is 2. The molecule has 0 aromatic carbocycles. The first-order chi connectivity index (χ1) is 6.13. The SMILES string of the molecule is COc1nc(C)cn1CCC(=O)O. The summed E-state index contributed by atoms with van der Waals surface area (Å²) in [4.78, 5) is 14.4. The van der Waals surface area contributed by atoms with Gasteiger partial charge in [-0.2, -0.15) is 0 Å². The van der Waals surface area contributed by atoms with E-state index in [-0.39, 0.29) is 6.42 Å². The monoisotopic (exact) mass is 184 g/mol. The topological polar surface area (TPSA) is 64.4 Å². The molecule has 0 spiro atoms. The number of carboxylic acid groups (broad SMARTS) is 1. The van der Waals surface area contributed by atoms with Crippen molar-refractivity contribution in [3.05, 3.63) is 11.9 Å². The first-order valence-electron chi connectivity index (χ1n) is 3.93. The molecule has 0 fully saturated rings. The fraction of sp³-hybridized carbons (Fsp3) is 0.500. The van der Waals surface area contributed by atoms with Crippen molar-refractivity contribution in [1.29, 1.82) is 0 Å². The van der Waals surface area contributed by atoms with Crippen LogP contribution in [0.1, 0.15) is 12.1 Å². The van der Waals surface area contributed by atoms with E-state index in [2.05, 4.69) is 4.98 Å². The molecule has 0 saturated heterocycles. The molecule has 72 valence electrons. The van der Waals surface area contributed by atoms with Gasteiger partial charge in [0.25, 0.3) is 6.01 Å². The number of carboxylic acids is 1. The Morgan fingerprint density at radius 3 is 3.00 bits per heavy atom. The average Bonchev–Trinajstić information content (AvgIpc) is 2.42. The van der Waals surface area contributed by atoms with Crippen LogP contribution in [0.3, 0.4) is 0 Å². The van der Waals surface area contributed by atoms with Crippen molar-refractivity contribution < 1.29 is 14.6 Å². The Kier molecular flexibility index (Phi) is 2.89. The maximum absolute atomic E-state index is 10.3. The van der Waals surface area contributed by atoms with Gasteiger partial charge in [0, 0.05) is 12.7 Å². The van der Waals surface area contributed by atoms with Gasteiger partial charge in [-0.1, -0.05) is 0 Å². The van der Waals surface area contributed by atoms with Crippen LogP contribution >= 0.6 is 0 Å². The number of aliphatic carboxylic acids is 1. The Balaban J connectivity index is 2.69. The van der Waals surface area contributed by atoms with E-state index in [9.17, 15) is 4.79 Å². The van der Waals surface area contributed by atoms with Crippen LogP contribution in [-0.4, -0.2) is 27.7 Å². The highest BCUT2D eigenvalue weighted by atomic mass is 16.5. The molecule has 1 rings (SSSR count). The molecule has 5 heteroatoms. The predicted octanol–water partition coefficient (Wildman–Crippen LogP) is 0.675. The maximum Gasteiger partial charge on any atom is 0.305 e. The van der Waals surface area contributed by atoms with E-state index in [4.69, 9.17) is 9.84 Å². The number of aryl methyl sites for hydroxylation is 2. The molecule has 0 aliphatic carbocycles. The van der Waals surface area contributed by atoms with Crippen molar-refractivity contribution in [1.82, 2.24) is 9.55 Å². The summed E-state index contributed by atoms with van der Waals surface area (Å²) >= 11 is 0. The number of carbonyl (C=O) groups is 1. The van der Waals surface area contributed by atoms with E-state index in [1.54, 1.807) is 10.8 Å². The number of rotatable bonds is 4. The minimum Gasteiger partial charge on any atom is -0.481 e.